The quantitative estimate of drug-likeness (QED) is 0.426. The Balaban J connectivity index is 1.71. The largest absolute Gasteiger partial charge is 0.378 e. The summed E-state index contributed by atoms with van der Waals surface area (Å²) in [6.45, 7) is 1.22. The number of ketones is 1. The van der Waals surface area contributed by atoms with Gasteiger partial charge in [0.25, 0.3) is 0 Å². The Morgan fingerprint density at radius 3 is 3.04 bits per heavy atom. The highest BCUT2D eigenvalue weighted by molar-refractivity contribution is 6.34. The molecule has 27 heavy (non-hydrogen) atoms. The highest BCUT2D eigenvalue weighted by Crippen LogP contribution is 2.24. The summed E-state index contributed by atoms with van der Waals surface area (Å²) in [6.07, 6.45) is 10.9. The molecule has 3 N–H and O–H groups in total. The number of aromatic nitrogens is 3. The fourth-order valence-electron chi connectivity index (χ4n) is 2.89. The van der Waals surface area contributed by atoms with Crippen molar-refractivity contribution in [1.29, 1.82) is 0 Å². The first-order chi connectivity index (χ1) is 13.1. The lowest BCUT2D eigenvalue weighted by Crippen LogP contribution is -2.18. The minimum absolute atomic E-state index is 0.00446. The number of nitrogen functional groups attached to an aromatic ring is 1. The zero-order valence-electron chi connectivity index (χ0n) is 14.9. The Morgan fingerprint density at radius 2 is 2.30 bits per heavy atom. The summed E-state index contributed by atoms with van der Waals surface area (Å²) in [4.78, 5) is 24.8. The van der Waals surface area contributed by atoms with E-state index in [-0.39, 0.29) is 28.6 Å². The first-order valence-corrected chi connectivity index (χ1v) is 9.29. The monoisotopic (exact) mass is 387 g/mol. The molecule has 7 nitrogen and oxygen atoms in total. The van der Waals surface area contributed by atoms with E-state index in [4.69, 9.17) is 22.1 Å². The van der Waals surface area contributed by atoms with E-state index in [2.05, 4.69) is 20.3 Å². The summed E-state index contributed by atoms with van der Waals surface area (Å²) in [5.41, 5.74) is 6.83. The number of carbonyl (C=O) groups is 1. The predicted molar refractivity (Wildman–Crippen MR) is 105 cm³/mol. The molecule has 0 aliphatic carbocycles. The van der Waals surface area contributed by atoms with Crippen molar-refractivity contribution in [3.05, 3.63) is 53.0 Å². The second-order valence-electron chi connectivity index (χ2n) is 6.30. The van der Waals surface area contributed by atoms with Crippen molar-refractivity contribution in [1.82, 2.24) is 15.0 Å². The molecule has 1 saturated heterocycles. The molecule has 3 heterocycles. The Bertz CT molecular complexity index is 807. The Morgan fingerprint density at radius 1 is 1.41 bits per heavy atom. The third-order valence-electron chi connectivity index (χ3n) is 4.25. The van der Waals surface area contributed by atoms with Gasteiger partial charge in [-0.2, -0.15) is 4.98 Å². The van der Waals surface area contributed by atoms with Crippen molar-refractivity contribution >= 4 is 29.2 Å². The van der Waals surface area contributed by atoms with Crippen molar-refractivity contribution in [2.45, 2.75) is 38.3 Å². The number of anilines is 2. The van der Waals surface area contributed by atoms with Crippen LogP contribution in [0.1, 0.15) is 41.6 Å². The van der Waals surface area contributed by atoms with Gasteiger partial charge in [0.15, 0.2) is 5.78 Å². The number of nitrogens with zero attached hydrogens (tertiary/aromatic N) is 3. The van der Waals surface area contributed by atoms with Gasteiger partial charge in [-0.25, -0.2) is 4.98 Å². The third-order valence-corrected chi connectivity index (χ3v) is 4.53. The normalized spacial score (nSPS) is 17.1. The first kappa shape index (κ1) is 19.3. The first-order valence-electron chi connectivity index (χ1n) is 8.91. The molecule has 0 amide bonds. The van der Waals surface area contributed by atoms with Crippen molar-refractivity contribution < 1.29 is 9.53 Å². The summed E-state index contributed by atoms with van der Waals surface area (Å²) in [5.74, 6) is 0.0363. The van der Waals surface area contributed by atoms with Gasteiger partial charge in [0.1, 0.15) is 16.5 Å². The van der Waals surface area contributed by atoms with Gasteiger partial charge < -0.3 is 15.8 Å². The topological polar surface area (TPSA) is 103 Å². The summed E-state index contributed by atoms with van der Waals surface area (Å²) in [5, 5.41) is 3.12. The van der Waals surface area contributed by atoms with Crippen LogP contribution in [0.5, 0.6) is 0 Å². The molecule has 0 bridgehead atoms. The maximum Gasteiger partial charge on any atom is 0.223 e. The summed E-state index contributed by atoms with van der Waals surface area (Å²) < 4.78 is 5.67. The minimum Gasteiger partial charge on any atom is -0.378 e. The van der Waals surface area contributed by atoms with Crippen LogP contribution in [-0.4, -0.2) is 33.4 Å². The smallest absolute Gasteiger partial charge is 0.223 e. The number of hydrogen-bond acceptors (Lipinski definition) is 7. The van der Waals surface area contributed by atoms with Gasteiger partial charge in [-0.15, -0.1) is 0 Å². The van der Waals surface area contributed by atoms with E-state index in [1.54, 1.807) is 12.4 Å². The average Bonchev–Trinajstić information content (AvgIpc) is 2.67. The average molecular weight is 388 g/mol. The molecule has 8 heteroatoms. The molecular weight excluding hydrogens is 366 g/mol. The maximum atomic E-state index is 12.7. The second kappa shape index (κ2) is 9.43. The van der Waals surface area contributed by atoms with Gasteiger partial charge in [0.05, 0.1) is 6.10 Å². The maximum absolute atomic E-state index is 12.7. The molecule has 1 unspecified atom stereocenters. The molecule has 2 aromatic rings. The fraction of sp³-hybridized carbons (Fsp3) is 0.368. The lowest BCUT2D eigenvalue weighted by atomic mass is 10.1. The van der Waals surface area contributed by atoms with E-state index in [1.807, 2.05) is 18.2 Å². The van der Waals surface area contributed by atoms with Crippen LogP contribution in [0.25, 0.3) is 0 Å². The number of pyridine rings is 1. The molecule has 1 atom stereocenters. The Hall–Kier alpha value is -2.51. The van der Waals surface area contributed by atoms with Gasteiger partial charge in [-0.3, -0.25) is 9.78 Å². The number of rotatable bonds is 7. The number of halogens is 1. The van der Waals surface area contributed by atoms with Crippen LogP contribution in [0.2, 0.25) is 5.15 Å². The molecule has 1 aliphatic rings. The van der Waals surface area contributed by atoms with E-state index in [9.17, 15) is 4.79 Å². The number of hydrogen-bond donors (Lipinski definition) is 2. The molecular formula is C19H22ClN5O2. The molecule has 1 fully saturated rings. The molecule has 3 rings (SSSR count). The van der Waals surface area contributed by atoms with E-state index in [0.717, 1.165) is 31.4 Å². The SMILES string of the molecule is Nc1nc(Cl)c(C(=O)/C=C/CC2CCCCO2)c(NCc2cccnc2)n1. The third kappa shape index (κ3) is 5.48. The molecule has 2 aromatic heterocycles. The summed E-state index contributed by atoms with van der Waals surface area (Å²) >= 11 is 6.18. The fourth-order valence-corrected chi connectivity index (χ4v) is 3.16. The number of allylic oxidation sites excluding steroid dienone is 1. The number of ether oxygens (including phenoxy) is 1. The second-order valence-corrected chi connectivity index (χ2v) is 6.66. The zero-order chi connectivity index (χ0) is 19.1. The van der Waals surface area contributed by atoms with Crippen molar-refractivity contribution in [2.24, 2.45) is 0 Å². The van der Waals surface area contributed by atoms with E-state index < -0.39 is 0 Å². The molecule has 142 valence electrons. The lowest BCUT2D eigenvalue weighted by Gasteiger charge is -2.20. The van der Waals surface area contributed by atoms with Crippen LogP contribution < -0.4 is 11.1 Å². The summed E-state index contributed by atoms with van der Waals surface area (Å²) in [6, 6.07) is 3.75. The van der Waals surface area contributed by atoms with Crippen LogP contribution in [0.3, 0.4) is 0 Å². The van der Waals surface area contributed by atoms with E-state index in [0.29, 0.717) is 18.8 Å². The highest BCUT2D eigenvalue weighted by atomic mass is 35.5. The van der Waals surface area contributed by atoms with Gasteiger partial charge in [-0.05, 0) is 43.4 Å². The van der Waals surface area contributed by atoms with E-state index >= 15 is 0 Å². The molecule has 0 aromatic carbocycles. The summed E-state index contributed by atoms with van der Waals surface area (Å²) in [7, 11) is 0. The van der Waals surface area contributed by atoms with Crippen LogP contribution >= 0.6 is 11.6 Å². The van der Waals surface area contributed by atoms with Gasteiger partial charge in [0.2, 0.25) is 5.95 Å². The predicted octanol–water partition coefficient (Wildman–Crippen LogP) is 3.42. The van der Waals surface area contributed by atoms with Crippen LogP contribution in [0.15, 0.2) is 36.7 Å². The number of nitrogens with one attached hydrogen (secondary N) is 1. The standard InChI is InChI=1S/C19H22ClN5O2/c20-17-16(15(26)8-3-7-14-6-1-2-10-27-14)18(25-19(21)24-17)23-12-13-5-4-9-22-11-13/h3-5,8-9,11,14H,1-2,6-7,10,12H2,(H3,21,23,24,25)/b8-3+. The van der Waals surface area contributed by atoms with Crippen molar-refractivity contribution in [2.75, 3.05) is 17.7 Å². The van der Waals surface area contributed by atoms with Gasteiger partial charge in [-0.1, -0.05) is 23.7 Å². The molecule has 1 aliphatic heterocycles. The Labute approximate surface area is 163 Å². The highest BCUT2D eigenvalue weighted by Gasteiger charge is 2.18. The number of nitrogens with two attached hydrogens (primary N) is 1. The minimum atomic E-state index is -0.274. The van der Waals surface area contributed by atoms with Gasteiger partial charge >= 0.3 is 0 Å². The van der Waals surface area contributed by atoms with Crippen LogP contribution in [-0.2, 0) is 11.3 Å². The van der Waals surface area contributed by atoms with Crippen molar-refractivity contribution in [3.63, 3.8) is 0 Å². The zero-order valence-corrected chi connectivity index (χ0v) is 15.7. The van der Waals surface area contributed by atoms with Crippen LogP contribution in [0, 0.1) is 0 Å². The Kier molecular flexibility index (Phi) is 6.73. The number of carbonyl (C=O) groups excluding carboxylic acids is 1. The lowest BCUT2D eigenvalue weighted by molar-refractivity contribution is 0.0184. The molecule has 0 spiro atoms. The molecule has 0 saturated carbocycles. The van der Waals surface area contributed by atoms with Gasteiger partial charge in [0, 0.05) is 25.5 Å². The van der Waals surface area contributed by atoms with Crippen molar-refractivity contribution in [3.8, 4) is 0 Å². The van der Waals surface area contributed by atoms with E-state index in [1.165, 1.54) is 6.08 Å². The molecule has 0 radical (unpaired) electrons. The van der Waals surface area contributed by atoms with Crippen LogP contribution in [0.4, 0.5) is 11.8 Å².